The van der Waals surface area contributed by atoms with Crippen LogP contribution in [0, 0.1) is 0 Å². The molecule has 0 aliphatic rings. The molecule has 0 fully saturated rings. The third-order valence-corrected chi connectivity index (χ3v) is 3.69. The van der Waals surface area contributed by atoms with E-state index in [1.54, 1.807) is 16.6 Å². The van der Waals surface area contributed by atoms with Gasteiger partial charge in [-0.3, -0.25) is 4.79 Å². The zero-order chi connectivity index (χ0) is 17.9. The smallest absolute Gasteiger partial charge is 0.251 e. The molecule has 0 bridgehead atoms. The average molecular weight is 338 g/mol. The Balaban J connectivity index is 1.59. The molecule has 1 aromatic carbocycles. The summed E-state index contributed by atoms with van der Waals surface area (Å²) in [6.45, 7) is 7.30. The first-order chi connectivity index (χ1) is 11.9. The number of aromatic nitrogens is 4. The van der Waals surface area contributed by atoms with Gasteiger partial charge in [-0.2, -0.15) is 4.52 Å². The standard InChI is InChI=1S/C18H22N6O/c1-18(2,3)17-22-21-15-10-9-14(23-24(15)17)19-11-12-20-16(25)13-7-5-4-6-8-13/h4-10H,11-12H2,1-3H3,(H,19,23)(H,20,25). The van der Waals surface area contributed by atoms with Crippen molar-refractivity contribution >= 4 is 17.4 Å². The molecule has 130 valence electrons. The van der Waals surface area contributed by atoms with E-state index >= 15 is 0 Å². The molecule has 0 saturated carbocycles. The van der Waals surface area contributed by atoms with E-state index in [4.69, 9.17) is 0 Å². The summed E-state index contributed by atoms with van der Waals surface area (Å²) in [7, 11) is 0. The predicted molar refractivity (Wildman–Crippen MR) is 96.7 cm³/mol. The second-order valence-corrected chi connectivity index (χ2v) is 6.81. The van der Waals surface area contributed by atoms with Crippen molar-refractivity contribution in [2.24, 2.45) is 0 Å². The summed E-state index contributed by atoms with van der Waals surface area (Å²) in [4.78, 5) is 12.0. The Morgan fingerprint density at radius 3 is 2.52 bits per heavy atom. The van der Waals surface area contributed by atoms with Crippen molar-refractivity contribution < 1.29 is 4.79 Å². The fourth-order valence-corrected chi connectivity index (χ4v) is 2.41. The zero-order valence-corrected chi connectivity index (χ0v) is 14.7. The van der Waals surface area contributed by atoms with E-state index < -0.39 is 0 Å². The molecule has 7 nitrogen and oxygen atoms in total. The van der Waals surface area contributed by atoms with E-state index in [1.165, 1.54) is 0 Å². The lowest BCUT2D eigenvalue weighted by Crippen LogP contribution is -2.29. The van der Waals surface area contributed by atoms with Crippen LogP contribution in [-0.4, -0.2) is 38.8 Å². The molecular formula is C18H22N6O. The van der Waals surface area contributed by atoms with E-state index in [0.29, 0.717) is 30.1 Å². The summed E-state index contributed by atoms with van der Waals surface area (Å²) in [5, 5.41) is 19.0. The minimum Gasteiger partial charge on any atom is -0.367 e. The van der Waals surface area contributed by atoms with Crippen LogP contribution in [0.25, 0.3) is 5.65 Å². The summed E-state index contributed by atoms with van der Waals surface area (Å²) in [6.07, 6.45) is 0. The molecule has 0 aliphatic carbocycles. The summed E-state index contributed by atoms with van der Waals surface area (Å²) < 4.78 is 1.75. The lowest BCUT2D eigenvalue weighted by molar-refractivity contribution is 0.0955. The van der Waals surface area contributed by atoms with Crippen LogP contribution < -0.4 is 10.6 Å². The number of rotatable bonds is 5. The van der Waals surface area contributed by atoms with Gasteiger partial charge in [-0.1, -0.05) is 39.0 Å². The highest BCUT2D eigenvalue weighted by molar-refractivity contribution is 5.94. The Bertz CT molecular complexity index is 866. The van der Waals surface area contributed by atoms with Gasteiger partial charge >= 0.3 is 0 Å². The third-order valence-electron chi connectivity index (χ3n) is 3.69. The Hall–Kier alpha value is -2.96. The molecule has 2 heterocycles. The fraction of sp³-hybridized carbons (Fsp3) is 0.333. The van der Waals surface area contributed by atoms with Gasteiger partial charge in [0, 0.05) is 24.1 Å². The summed E-state index contributed by atoms with van der Waals surface area (Å²) in [5.41, 5.74) is 1.23. The molecule has 0 aliphatic heterocycles. The van der Waals surface area contributed by atoms with Crippen molar-refractivity contribution in [3.05, 3.63) is 53.9 Å². The molecule has 0 spiro atoms. The molecule has 0 unspecified atom stereocenters. The number of hydrogen-bond acceptors (Lipinski definition) is 5. The van der Waals surface area contributed by atoms with Crippen molar-refractivity contribution in [1.82, 2.24) is 25.1 Å². The Labute approximate surface area is 146 Å². The van der Waals surface area contributed by atoms with Crippen LogP contribution in [0.1, 0.15) is 37.0 Å². The molecule has 0 radical (unpaired) electrons. The highest BCUT2D eigenvalue weighted by atomic mass is 16.1. The lowest BCUT2D eigenvalue weighted by atomic mass is 9.96. The molecule has 25 heavy (non-hydrogen) atoms. The summed E-state index contributed by atoms with van der Waals surface area (Å²) in [5.74, 6) is 1.44. The maximum absolute atomic E-state index is 12.0. The van der Waals surface area contributed by atoms with Crippen LogP contribution in [0.4, 0.5) is 5.82 Å². The molecule has 3 rings (SSSR count). The monoisotopic (exact) mass is 338 g/mol. The van der Waals surface area contributed by atoms with E-state index in [1.807, 2.05) is 30.3 Å². The first-order valence-corrected chi connectivity index (χ1v) is 8.25. The number of fused-ring (bicyclic) bond motifs is 1. The number of amides is 1. The van der Waals surface area contributed by atoms with Crippen molar-refractivity contribution in [2.45, 2.75) is 26.2 Å². The molecular weight excluding hydrogens is 316 g/mol. The second-order valence-electron chi connectivity index (χ2n) is 6.81. The minimum absolute atomic E-state index is 0.0837. The van der Waals surface area contributed by atoms with Crippen molar-refractivity contribution in [3.8, 4) is 0 Å². The lowest BCUT2D eigenvalue weighted by Gasteiger charge is -2.15. The SMILES string of the molecule is CC(C)(C)c1nnc2ccc(NCCNC(=O)c3ccccc3)nn12. The Kier molecular flexibility index (Phi) is 4.65. The first-order valence-electron chi connectivity index (χ1n) is 8.25. The van der Waals surface area contributed by atoms with Gasteiger partial charge in [0.2, 0.25) is 0 Å². The fourth-order valence-electron chi connectivity index (χ4n) is 2.41. The molecule has 0 saturated heterocycles. The molecule has 2 aromatic heterocycles. The minimum atomic E-state index is -0.144. The van der Waals surface area contributed by atoms with E-state index in [0.717, 1.165) is 5.82 Å². The Morgan fingerprint density at radius 1 is 1.04 bits per heavy atom. The maximum atomic E-state index is 12.0. The van der Waals surface area contributed by atoms with E-state index in [2.05, 4.69) is 46.7 Å². The highest BCUT2D eigenvalue weighted by Gasteiger charge is 2.21. The molecule has 3 aromatic rings. The largest absolute Gasteiger partial charge is 0.367 e. The summed E-state index contributed by atoms with van der Waals surface area (Å²) >= 11 is 0. The van der Waals surface area contributed by atoms with Gasteiger partial charge in [-0.05, 0) is 24.3 Å². The highest BCUT2D eigenvalue weighted by Crippen LogP contribution is 2.20. The topological polar surface area (TPSA) is 84.2 Å². The quantitative estimate of drug-likeness (QED) is 0.697. The van der Waals surface area contributed by atoms with Crippen molar-refractivity contribution in [3.63, 3.8) is 0 Å². The maximum Gasteiger partial charge on any atom is 0.251 e. The number of anilines is 1. The van der Waals surface area contributed by atoms with E-state index in [-0.39, 0.29) is 11.3 Å². The van der Waals surface area contributed by atoms with Crippen LogP contribution in [-0.2, 0) is 5.41 Å². The molecule has 2 N–H and O–H groups in total. The Morgan fingerprint density at radius 2 is 1.80 bits per heavy atom. The molecule has 1 amide bonds. The number of carbonyl (C=O) groups excluding carboxylic acids is 1. The van der Waals surface area contributed by atoms with Crippen molar-refractivity contribution in [1.29, 1.82) is 0 Å². The average Bonchev–Trinajstić information content (AvgIpc) is 3.03. The van der Waals surface area contributed by atoms with Gasteiger partial charge in [-0.15, -0.1) is 15.3 Å². The molecule has 7 heteroatoms. The van der Waals surface area contributed by atoms with Gasteiger partial charge < -0.3 is 10.6 Å². The van der Waals surface area contributed by atoms with E-state index in [9.17, 15) is 4.79 Å². The van der Waals surface area contributed by atoms with Gasteiger partial charge in [-0.25, -0.2) is 0 Å². The number of benzene rings is 1. The van der Waals surface area contributed by atoms with Crippen LogP contribution in [0.2, 0.25) is 0 Å². The predicted octanol–water partition coefficient (Wildman–Crippen LogP) is 2.26. The first kappa shape index (κ1) is 16.9. The van der Waals surface area contributed by atoms with Gasteiger partial charge in [0.25, 0.3) is 5.91 Å². The normalized spacial score (nSPS) is 11.5. The van der Waals surface area contributed by atoms with Gasteiger partial charge in [0.1, 0.15) is 5.82 Å². The number of hydrogen-bond donors (Lipinski definition) is 2. The summed E-state index contributed by atoms with van der Waals surface area (Å²) in [6, 6.07) is 12.9. The van der Waals surface area contributed by atoms with Crippen LogP contribution >= 0.6 is 0 Å². The van der Waals surface area contributed by atoms with Crippen LogP contribution in [0.15, 0.2) is 42.5 Å². The van der Waals surface area contributed by atoms with Gasteiger partial charge in [0.05, 0.1) is 0 Å². The third kappa shape index (κ3) is 3.93. The van der Waals surface area contributed by atoms with Crippen LogP contribution in [0.3, 0.4) is 0 Å². The molecule has 0 atom stereocenters. The number of nitrogens with zero attached hydrogens (tertiary/aromatic N) is 4. The van der Waals surface area contributed by atoms with Gasteiger partial charge in [0.15, 0.2) is 11.5 Å². The van der Waals surface area contributed by atoms with Crippen molar-refractivity contribution in [2.75, 3.05) is 18.4 Å². The second kappa shape index (κ2) is 6.88. The number of carbonyl (C=O) groups is 1. The number of nitrogens with one attached hydrogen (secondary N) is 2. The van der Waals surface area contributed by atoms with Crippen LogP contribution in [0.5, 0.6) is 0 Å². The zero-order valence-electron chi connectivity index (χ0n) is 14.7.